The van der Waals surface area contributed by atoms with Crippen LogP contribution in [0.2, 0.25) is 0 Å². The van der Waals surface area contributed by atoms with Gasteiger partial charge in [-0.2, -0.15) is 0 Å². The van der Waals surface area contributed by atoms with Crippen LogP contribution in [0, 0.1) is 47.3 Å². The number of hydrogen-bond donors (Lipinski definition) is 9. The summed E-state index contributed by atoms with van der Waals surface area (Å²) < 4.78 is 48.5. The number of fused-ring (bicyclic) bond motifs is 12. The number of aromatic nitrogens is 8. The van der Waals surface area contributed by atoms with Gasteiger partial charge in [-0.25, -0.2) is 48.7 Å². The highest BCUT2D eigenvalue weighted by Crippen LogP contribution is 2.48. The molecule has 6 aromatic carbocycles. The third-order valence-corrected chi connectivity index (χ3v) is 26.5. The lowest BCUT2D eigenvalue weighted by molar-refractivity contribution is -0.140. The van der Waals surface area contributed by atoms with E-state index in [0.717, 1.165) is 155 Å². The molecule has 0 radical (unpaired) electrons. The van der Waals surface area contributed by atoms with Crippen LogP contribution < -0.4 is 30.7 Å². The van der Waals surface area contributed by atoms with Gasteiger partial charge in [0.15, 0.2) is 0 Å². The topological polar surface area (TPSA) is 433 Å². The number of carboxylic acid groups (broad SMARTS) is 1. The molecule has 0 spiro atoms. The van der Waals surface area contributed by atoms with E-state index in [1.807, 2.05) is 102 Å². The molecule has 10 aromatic rings. The van der Waals surface area contributed by atoms with Crippen LogP contribution in [-0.2, 0) is 65.5 Å². The Morgan fingerprint density at radius 2 is 0.843 bits per heavy atom. The maximum absolute atomic E-state index is 14.1. The van der Waals surface area contributed by atoms with Crippen molar-refractivity contribution in [3.8, 4) is 56.3 Å². The SMILES string of the molecule is CC[C@H](C)[C@H](NC(=O)OC)C(=O)N1C[C@@H](C)CC1c1ncc(-c2ccc3c(c2)COc2cc4c(ccc5[nH]c([C@@H]6CC(COC)CN6C(=O)C(NC(=O)OC)C(C)C)nc54)cc2-3)[nH]1.CC[C@H](C)[C@H](NC(=O)OC)C(=O)N1C[C@@H](C)CC1c1ncc(-c2ccc3c(c2)COc2cc4c(ccc5[nH]c([C@@H]6CC(COC)CN6C(=O)OC(C)(C)C)nc54)cc2-3)[nH]1.COC(=O)N[C@H](C(=O)O)C(C)C. The molecule has 134 heavy (non-hydrogen) atoms. The fraction of sp³-hybridized carbons (Fsp3) is 0.505. The molecule has 6 aliphatic rings. The molecular weight excluding hydrogens is 1720 g/mol. The van der Waals surface area contributed by atoms with Crippen LogP contribution in [0.15, 0.2) is 97.3 Å². The lowest BCUT2D eigenvalue weighted by Crippen LogP contribution is -2.51. The van der Waals surface area contributed by atoms with Gasteiger partial charge in [-0.05, 0) is 175 Å². The number of amides is 8. The van der Waals surface area contributed by atoms with E-state index >= 15 is 0 Å². The second kappa shape index (κ2) is 41.2. The molecule has 5 unspecified atom stereocenters. The number of benzene rings is 6. The zero-order valence-corrected chi connectivity index (χ0v) is 79.7. The van der Waals surface area contributed by atoms with Crippen molar-refractivity contribution in [2.75, 3.05) is 82.1 Å². The number of likely N-dealkylation sites (tertiary alicyclic amines) is 4. The lowest BCUT2D eigenvalue weighted by atomic mass is 9.92. The van der Waals surface area contributed by atoms with Gasteiger partial charge in [-0.1, -0.05) is 118 Å². The van der Waals surface area contributed by atoms with E-state index in [1.165, 1.54) is 28.4 Å². The predicted octanol–water partition coefficient (Wildman–Crippen LogP) is 16.0. The van der Waals surface area contributed by atoms with Gasteiger partial charge < -0.3 is 104 Å². The number of hydrogen-bond acceptors (Lipinski definition) is 22. The van der Waals surface area contributed by atoms with Gasteiger partial charge >= 0.3 is 36.4 Å². The average Bonchev–Trinajstić information content (AvgIpc) is 1.44. The highest BCUT2D eigenvalue weighted by molar-refractivity contribution is 6.08. The van der Waals surface area contributed by atoms with Crippen molar-refractivity contribution >= 4 is 97.8 Å². The quantitative estimate of drug-likeness (QED) is 0.0254. The maximum Gasteiger partial charge on any atom is 0.410 e. The van der Waals surface area contributed by atoms with Crippen molar-refractivity contribution in [3.05, 3.63) is 132 Å². The van der Waals surface area contributed by atoms with Gasteiger partial charge in [0.05, 0.1) is 112 Å². The molecule has 0 aliphatic carbocycles. The van der Waals surface area contributed by atoms with Gasteiger partial charge in [-0.3, -0.25) is 19.3 Å². The summed E-state index contributed by atoms with van der Waals surface area (Å²) in [5.41, 5.74) is 12.6. The van der Waals surface area contributed by atoms with Crippen LogP contribution in [0.3, 0.4) is 0 Å². The van der Waals surface area contributed by atoms with E-state index in [-0.39, 0.29) is 95.3 Å². The molecule has 35 nitrogen and oxygen atoms in total. The first kappa shape index (κ1) is 97.0. The van der Waals surface area contributed by atoms with E-state index < -0.39 is 60.1 Å². The molecule has 0 saturated carbocycles. The van der Waals surface area contributed by atoms with Crippen LogP contribution in [0.1, 0.15) is 187 Å². The summed E-state index contributed by atoms with van der Waals surface area (Å²) in [4.78, 5) is 154. The molecule has 10 heterocycles. The number of methoxy groups -OCH3 is 6. The molecule has 9 N–H and O–H groups in total. The highest BCUT2D eigenvalue weighted by Gasteiger charge is 2.46. The standard InChI is InChI=1S/C47H58N8O8.C45H55N7O7.C7H13NO4/c1-9-26(5)40(53-47(59)62-8)45(57)54-20-25(4)14-36(54)42-48-19-35(50-42)29-10-12-31-30(16-29)23-63-38-18-32-28(17-33(31)38)11-13-34-41(32)51-43(49-34)37-15-27(22-60-6)21-55(37)44(56)39(24(2)3)52-46(58)61-7;1-9-25(3)38(50-43(54)57-8)42(53)51-20-24(2)14-35(51)40-46-19-34(48-40)28-10-12-30-29(16-28)23-58-37-18-31-27(17-32(30)37)11-13-33-39(31)49-41(47-33)36-15-26(22-56-7)21-52(36)44(55)59-45(4,5)6;1-4(2)5(6(9)10)8-7(11)12-3/h10-13,16-19,24-27,36-37,39-40H,9,14-15,20-23H2,1-8H3,(H,48,50)(H,49,51)(H,52,58)(H,53,59);10-13,16-19,24-26,35-36,38H,9,14-15,20-23H2,1-8H3,(H,46,48)(H,47,49)(H,50,54);4-5H,1-3H3,(H,8,11)(H,9,10)/t25-,26-,27?,36?,37-,39?,40-;24-,25-,26?,35?,36-,38-;5-/m000/s1. The second-order valence-electron chi connectivity index (χ2n) is 38.0. The number of rotatable bonds is 24. The molecule has 35 heteroatoms. The third kappa shape index (κ3) is 20.8. The smallest absolute Gasteiger partial charge is 0.410 e. The lowest BCUT2D eigenvalue weighted by Gasteiger charge is -2.30. The fourth-order valence-electron chi connectivity index (χ4n) is 19.2. The Balaban J connectivity index is 0.000000192. The zero-order chi connectivity index (χ0) is 96.2. The Hall–Kier alpha value is -13.1. The molecule has 14 atom stereocenters. The number of alkyl carbamates (subject to hydrolysis) is 4. The van der Waals surface area contributed by atoms with Crippen LogP contribution in [-0.4, -0.2) is 231 Å². The summed E-state index contributed by atoms with van der Waals surface area (Å²) in [5, 5.41) is 23.0. The molecule has 4 fully saturated rings. The van der Waals surface area contributed by atoms with Crippen molar-refractivity contribution in [1.82, 2.24) is 80.7 Å². The monoisotopic (exact) mass is 1840 g/mol. The van der Waals surface area contributed by atoms with Gasteiger partial charge in [0.2, 0.25) is 17.7 Å². The Kier molecular flexibility index (Phi) is 29.8. The first-order valence-electron chi connectivity index (χ1n) is 46.1. The zero-order valence-electron chi connectivity index (χ0n) is 79.7. The van der Waals surface area contributed by atoms with Crippen molar-refractivity contribution in [1.29, 1.82) is 0 Å². The number of carbonyl (C=O) groups is 9. The van der Waals surface area contributed by atoms with E-state index in [2.05, 4.69) is 133 Å². The number of nitrogens with one attached hydrogen (secondary N) is 8. The number of ether oxygens (including phenoxy) is 9. The number of nitrogens with zero attached hydrogens (tertiary/aromatic N) is 8. The number of H-pyrrole nitrogens is 4. The van der Waals surface area contributed by atoms with Crippen LogP contribution in [0.5, 0.6) is 11.5 Å². The van der Waals surface area contributed by atoms with Gasteiger partial charge in [0, 0.05) is 74.1 Å². The molecule has 4 saturated heterocycles. The molecule has 6 aliphatic heterocycles. The highest BCUT2D eigenvalue weighted by atomic mass is 16.6. The second-order valence-corrected chi connectivity index (χ2v) is 38.0. The van der Waals surface area contributed by atoms with E-state index in [9.17, 15) is 43.2 Å². The first-order valence-corrected chi connectivity index (χ1v) is 46.1. The summed E-state index contributed by atoms with van der Waals surface area (Å²) in [6.45, 7) is 29.0. The average molecular weight is 1840 g/mol. The molecule has 4 aromatic heterocycles. The van der Waals surface area contributed by atoms with E-state index in [1.54, 1.807) is 33.0 Å². The predicted molar refractivity (Wildman–Crippen MR) is 502 cm³/mol. The minimum Gasteiger partial charge on any atom is -0.488 e. The Morgan fingerprint density at radius 3 is 1.23 bits per heavy atom. The Labute approximate surface area is 778 Å². The van der Waals surface area contributed by atoms with Crippen molar-refractivity contribution in [2.45, 2.75) is 196 Å². The third-order valence-electron chi connectivity index (χ3n) is 26.5. The largest absolute Gasteiger partial charge is 0.488 e. The molecule has 0 bridgehead atoms. The maximum atomic E-state index is 14.1. The molecule has 16 rings (SSSR count). The minimum absolute atomic E-state index is 0.0690. The molecule has 8 amide bonds. The summed E-state index contributed by atoms with van der Waals surface area (Å²) >= 11 is 0. The van der Waals surface area contributed by atoms with Crippen LogP contribution in [0.25, 0.3) is 88.4 Å². The number of carboxylic acids is 1. The van der Waals surface area contributed by atoms with E-state index in [0.29, 0.717) is 70.7 Å². The number of carbonyl (C=O) groups excluding carboxylic acids is 8. The summed E-state index contributed by atoms with van der Waals surface area (Å²) in [5.74, 6) is 3.17. The summed E-state index contributed by atoms with van der Waals surface area (Å²) in [6.07, 6.45) is 5.01. The first-order chi connectivity index (χ1) is 64.0. The van der Waals surface area contributed by atoms with E-state index in [4.69, 9.17) is 62.9 Å². The molecular formula is C99H126N16O19. The van der Waals surface area contributed by atoms with Gasteiger partial charge in [0.25, 0.3) is 0 Å². The minimum atomic E-state index is -1.06. The molecule has 716 valence electrons. The Morgan fingerprint density at radius 1 is 0.463 bits per heavy atom. The van der Waals surface area contributed by atoms with Gasteiger partial charge in [-0.15, -0.1) is 0 Å². The van der Waals surface area contributed by atoms with Crippen molar-refractivity contribution in [2.24, 2.45) is 47.3 Å². The number of aliphatic carboxylic acids is 1. The van der Waals surface area contributed by atoms with Crippen molar-refractivity contribution in [3.63, 3.8) is 0 Å². The van der Waals surface area contributed by atoms with Crippen LogP contribution in [0.4, 0.5) is 24.0 Å². The number of imidazole rings is 4. The van der Waals surface area contributed by atoms with Crippen molar-refractivity contribution < 1.29 is 90.9 Å². The summed E-state index contributed by atoms with van der Waals surface area (Å²) in [6, 6.07) is 25.2. The van der Waals surface area contributed by atoms with Gasteiger partial charge in [0.1, 0.15) is 77.8 Å². The normalized spacial score (nSPS) is 20.2. The van der Waals surface area contributed by atoms with Crippen LogP contribution >= 0.6 is 0 Å². The summed E-state index contributed by atoms with van der Waals surface area (Å²) in [7, 11) is 8.42. The number of aromatic amines is 4. The Bertz CT molecular complexity index is 6010. The fourth-order valence-corrected chi connectivity index (χ4v) is 19.2.